The van der Waals surface area contributed by atoms with Crippen LogP contribution in [0.4, 0.5) is 11.4 Å². The van der Waals surface area contributed by atoms with Crippen molar-refractivity contribution in [1.82, 2.24) is 0 Å². The summed E-state index contributed by atoms with van der Waals surface area (Å²) in [6.45, 7) is 0. The van der Waals surface area contributed by atoms with Crippen molar-refractivity contribution in [1.29, 1.82) is 0 Å². The lowest BCUT2D eigenvalue weighted by atomic mass is 9.81. The molecule has 2 amide bonds. The zero-order valence-electron chi connectivity index (χ0n) is 11.3. The van der Waals surface area contributed by atoms with Gasteiger partial charge in [0.05, 0.1) is 22.4 Å². The number of alkyl halides is 2. The Labute approximate surface area is 143 Å². The Bertz CT molecular complexity index is 621. The minimum absolute atomic E-state index is 0.0682. The molecule has 1 aromatic rings. The first-order valence-corrected chi connectivity index (χ1v) is 8.63. The standard InChI is InChI=1S/C14H12Br2N2O4/c15-11-5-9-10(6-12(11)16)14(20)17(13(9)19)7-1-3-8(4-2-7)18(21)22/h1-4,9-12H,5-6H2/t9-,10+,11+,12-. The molecular weight excluding hydrogens is 420 g/mol. The Balaban J connectivity index is 1.90. The summed E-state index contributed by atoms with van der Waals surface area (Å²) in [4.78, 5) is 36.8. The van der Waals surface area contributed by atoms with Crippen molar-refractivity contribution in [3.63, 3.8) is 0 Å². The third-order valence-corrected chi connectivity index (χ3v) is 6.96. The lowest BCUT2D eigenvalue weighted by molar-refractivity contribution is -0.384. The summed E-state index contributed by atoms with van der Waals surface area (Å²) in [5.41, 5.74) is 0.327. The second-order valence-corrected chi connectivity index (χ2v) is 7.85. The molecule has 3 rings (SSSR count). The van der Waals surface area contributed by atoms with Crippen LogP contribution in [0.25, 0.3) is 0 Å². The van der Waals surface area contributed by atoms with Gasteiger partial charge < -0.3 is 0 Å². The van der Waals surface area contributed by atoms with Crippen molar-refractivity contribution in [2.45, 2.75) is 22.5 Å². The predicted molar refractivity (Wildman–Crippen MR) is 87.2 cm³/mol. The highest BCUT2D eigenvalue weighted by molar-refractivity contribution is 9.12. The molecule has 1 aliphatic heterocycles. The minimum Gasteiger partial charge on any atom is -0.274 e. The Morgan fingerprint density at radius 3 is 1.86 bits per heavy atom. The first-order chi connectivity index (χ1) is 10.4. The number of benzene rings is 1. The molecule has 0 spiro atoms. The average Bonchev–Trinajstić information content (AvgIpc) is 2.72. The normalized spacial score (nSPS) is 31.3. The van der Waals surface area contributed by atoms with E-state index in [0.29, 0.717) is 18.5 Å². The molecule has 0 radical (unpaired) electrons. The number of anilines is 1. The molecule has 1 saturated heterocycles. The van der Waals surface area contributed by atoms with Gasteiger partial charge in [0.1, 0.15) is 0 Å². The molecule has 1 aliphatic carbocycles. The van der Waals surface area contributed by atoms with E-state index in [1.807, 2.05) is 0 Å². The second kappa shape index (κ2) is 5.73. The summed E-state index contributed by atoms with van der Waals surface area (Å²) in [6.07, 6.45) is 1.21. The van der Waals surface area contributed by atoms with Crippen molar-refractivity contribution in [2.75, 3.05) is 4.90 Å². The van der Waals surface area contributed by atoms with E-state index < -0.39 is 4.92 Å². The summed E-state index contributed by atoms with van der Waals surface area (Å²) in [7, 11) is 0. The van der Waals surface area contributed by atoms with Crippen LogP contribution in [0.5, 0.6) is 0 Å². The highest BCUT2D eigenvalue weighted by atomic mass is 79.9. The third-order valence-electron chi connectivity index (χ3n) is 4.23. The van der Waals surface area contributed by atoms with Gasteiger partial charge >= 0.3 is 0 Å². The van der Waals surface area contributed by atoms with Gasteiger partial charge in [-0.15, -0.1) is 0 Å². The van der Waals surface area contributed by atoms with Crippen molar-refractivity contribution < 1.29 is 14.5 Å². The van der Waals surface area contributed by atoms with Gasteiger partial charge in [0, 0.05) is 21.8 Å². The fourth-order valence-electron chi connectivity index (χ4n) is 3.07. The molecule has 4 atom stereocenters. The number of hydrogen-bond acceptors (Lipinski definition) is 4. The number of hydrogen-bond donors (Lipinski definition) is 0. The fraction of sp³-hybridized carbons (Fsp3) is 0.429. The zero-order chi connectivity index (χ0) is 16.0. The number of fused-ring (bicyclic) bond motifs is 1. The molecule has 0 unspecified atom stereocenters. The second-order valence-electron chi connectivity index (χ2n) is 5.50. The van der Waals surface area contributed by atoms with E-state index in [2.05, 4.69) is 31.9 Å². The van der Waals surface area contributed by atoms with Crippen molar-refractivity contribution in [3.05, 3.63) is 34.4 Å². The maximum Gasteiger partial charge on any atom is 0.269 e. The van der Waals surface area contributed by atoms with Gasteiger partial charge in [0.25, 0.3) is 5.69 Å². The molecule has 6 nitrogen and oxygen atoms in total. The summed E-state index contributed by atoms with van der Waals surface area (Å²) in [5.74, 6) is -1.07. The largest absolute Gasteiger partial charge is 0.274 e. The van der Waals surface area contributed by atoms with Crippen LogP contribution in [0.2, 0.25) is 0 Å². The van der Waals surface area contributed by atoms with E-state index in [1.165, 1.54) is 29.2 Å². The molecule has 1 aromatic carbocycles. The lowest BCUT2D eigenvalue weighted by Gasteiger charge is -2.29. The molecule has 2 aliphatic rings. The SMILES string of the molecule is O=C1[C@H]2C[C@@H](Br)[C@@H](Br)C[C@H]2C(=O)N1c1ccc([N+](=O)[O-])cc1. The van der Waals surface area contributed by atoms with Crippen LogP contribution in [0, 0.1) is 22.0 Å². The number of rotatable bonds is 2. The summed E-state index contributed by atoms with van der Waals surface area (Å²) < 4.78 is 0. The van der Waals surface area contributed by atoms with Crippen LogP contribution >= 0.6 is 31.9 Å². The monoisotopic (exact) mass is 430 g/mol. The average molecular weight is 432 g/mol. The van der Waals surface area contributed by atoms with Crippen molar-refractivity contribution >= 4 is 55.0 Å². The molecule has 0 bridgehead atoms. The van der Waals surface area contributed by atoms with E-state index in [1.54, 1.807) is 0 Å². The molecule has 1 saturated carbocycles. The van der Waals surface area contributed by atoms with Crippen LogP contribution < -0.4 is 4.90 Å². The van der Waals surface area contributed by atoms with Gasteiger partial charge in [0.15, 0.2) is 0 Å². The van der Waals surface area contributed by atoms with E-state index in [0.717, 1.165) is 0 Å². The van der Waals surface area contributed by atoms with Crippen LogP contribution in [-0.4, -0.2) is 26.4 Å². The highest BCUT2D eigenvalue weighted by Crippen LogP contribution is 2.44. The van der Waals surface area contributed by atoms with Gasteiger partial charge in [-0.1, -0.05) is 31.9 Å². The number of nitrogens with zero attached hydrogens (tertiary/aromatic N) is 2. The van der Waals surface area contributed by atoms with Crippen LogP contribution in [0.3, 0.4) is 0 Å². The van der Waals surface area contributed by atoms with E-state index in [-0.39, 0.29) is 39.0 Å². The number of halogens is 2. The van der Waals surface area contributed by atoms with Gasteiger partial charge in [-0.25, -0.2) is 0 Å². The first-order valence-electron chi connectivity index (χ1n) is 6.80. The predicted octanol–water partition coefficient (Wildman–Crippen LogP) is 3.02. The maximum absolute atomic E-state index is 12.6. The van der Waals surface area contributed by atoms with Crippen molar-refractivity contribution in [3.8, 4) is 0 Å². The molecule has 22 heavy (non-hydrogen) atoms. The van der Waals surface area contributed by atoms with Crippen molar-refractivity contribution in [2.24, 2.45) is 11.8 Å². The van der Waals surface area contributed by atoms with Crippen LogP contribution in [-0.2, 0) is 9.59 Å². The smallest absolute Gasteiger partial charge is 0.269 e. The number of nitro groups is 1. The number of non-ortho nitro benzene ring substituents is 1. The maximum atomic E-state index is 12.6. The van der Waals surface area contributed by atoms with E-state index in [9.17, 15) is 19.7 Å². The van der Waals surface area contributed by atoms with Gasteiger partial charge in [-0.3, -0.25) is 24.6 Å². The summed E-state index contributed by atoms with van der Waals surface area (Å²) in [5, 5.41) is 10.7. The first kappa shape index (κ1) is 15.6. The minimum atomic E-state index is -0.512. The van der Waals surface area contributed by atoms with E-state index >= 15 is 0 Å². The molecular formula is C14H12Br2N2O4. The number of amides is 2. The fourth-order valence-corrected chi connectivity index (χ4v) is 4.31. The topological polar surface area (TPSA) is 80.5 Å². The van der Waals surface area contributed by atoms with Gasteiger partial charge in [-0.2, -0.15) is 0 Å². The molecule has 1 heterocycles. The lowest BCUT2D eigenvalue weighted by Crippen LogP contribution is -2.34. The Morgan fingerprint density at radius 1 is 1.00 bits per heavy atom. The zero-order valence-corrected chi connectivity index (χ0v) is 14.5. The quantitative estimate of drug-likeness (QED) is 0.312. The number of nitro benzene ring substituents is 1. The Kier molecular flexibility index (Phi) is 4.07. The number of carbonyl (C=O) groups excluding carboxylic acids is 2. The molecule has 0 N–H and O–H groups in total. The Morgan fingerprint density at radius 2 is 1.45 bits per heavy atom. The summed E-state index contributed by atoms with van der Waals surface area (Å²) in [6, 6.07) is 5.50. The molecule has 116 valence electrons. The summed E-state index contributed by atoms with van der Waals surface area (Å²) >= 11 is 7.07. The number of carbonyl (C=O) groups is 2. The third kappa shape index (κ3) is 2.48. The van der Waals surface area contributed by atoms with Crippen LogP contribution in [0.15, 0.2) is 24.3 Å². The Hall–Kier alpha value is -1.28. The highest BCUT2D eigenvalue weighted by Gasteiger charge is 2.52. The number of imide groups is 1. The molecule has 2 fully saturated rings. The molecule has 0 aromatic heterocycles. The van der Waals surface area contributed by atoms with Crippen LogP contribution in [0.1, 0.15) is 12.8 Å². The molecule has 8 heteroatoms. The van der Waals surface area contributed by atoms with Gasteiger partial charge in [0.2, 0.25) is 11.8 Å². The van der Waals surface area contributed by atoms with Gasteiger partial charge in [-0.05, 0) is 25.0 Å². The van der Waals surface area contributed by atoms with E-state index in [4.69, 9.17) is 0 Å².